The fraction of sp³-hybridized carbons (Fsp3) is 0.0667. The van der Waals surface area contributed by atoms with E-state index >= 15 is 0 Å². The Morgan fingerprint density at radius 2 is 1.80 bits per heavy atom. The standard InChI is InChI=1S/C15H12N2O3/c1-19-15(18)13-8-12(6-7-14(13)17)20-11-4-2-10(9-16)3-5-11/h2-8H,17H2,1H3. The third-order valence-corrected chi connectivity index (χ3v) is 2.65. The third-order valence-electron chi connectivity index (χ3n) is 2.65. The summed E-state index contributed by atoms with van der Waals surface area (Å²) in [6.07, 6.45) is 0. The van der Waals surface area contributed by atoms with Crippen LogP contribution in [0.1, 0.15) is 15.9 Å². The summed E-state index contributed by atoms with van der Waals surface area (Å²) in [5, 5.41) is 8.72. The summed E-state index contributed by atoms with van der Waals surface area (Å²) < 4.78 is 10.2. The zero-order chi connectivity index (χ0) is 14.5. The van der Waals surface area contributed by atoms with E-state index in [1.807, 2.05) is 6.07 Å². The van der Waals surface area contributed by atoms with E-state index in [0.29, 0.717) is 22.7 Å². The topological polar surface area (TPSA) is 85.3 Å². The van der Waals surface area contributed by atoms with Crippen molar-refractivity contribution >= 4 is 11.7 Å². The Bertz CT molecular complexity index is 673. The van der Waals surface area contributed by atoms with E-state index in [4.69, 9.17) is 15.7 Å². The molecule has 0 amide bonds. The second-order valence-electron chi connectivity index (χ2n) is 3.98. The lowest BCUT2D eigenvalue weighted by Crippen LogP contribution is -2.05. The molecule has 0 radical (unpaired) electrons. The van der Waals surface area contributed by atoms with Gasteiger partial charge in [-0.2, -0.15) is 5.26 Å². The van der Waals surface area contributed by atoms with E-state index in [2.05, 4.69) is 4.74 Å². The van der Waals surface area contributed by atoms with Gasteiger partial charge in [-0.25, -0.2) is 4.79 Å². The van der Waals surface area contributed by atoms with E-state index in [9.17, 15) is 4.79 Å². The number of nitrogens with two attached hydrogens (primary N) is 1. The van der Waals surface area contributed by atoms with Crippen LogP contribution in [0.3, 0.4) is 0 Å². The van der Waals surface area contributed by atoms with Gasteiger partial charge in [-0.15, -0.1) is 0 Å². The molecule has 0 heterocycles. The van der Waals surface area contributed by atoms with Crippen LogP contribution in [0.2, 0.25) is 0 Å². The molecule has 5 nitrogen and oxygen atoms in total. The zero-order valence-electron chi connectivity index (χ0n) is 10.8. The minimum atomic E-state index is -0.521. The number of carbonyl (C=O) groups excluding carboxylic acids is 1. The Labute approximate surface area is 116 Å². The Kier molecular flexibility index (Phi) is 3.87. The second-order valence-corrected chi connectivity index (χ2v) is 3.98. The minimum absolute atomic E-state index is 0.249. The highest BCUT2D eigenvalue weighted by Gasteiger charge is 2.11. The first-order valence-electron chi connectivity index (χ1n) is 5.80. The largest absolute Gasteiger partial charge is 0.465 e. The number of ether oxygens (including phenoxy) is 2. The number of hydrogen-bond donors (Lipinski definition) is 1. The molecule has 0 saturated heterocycles. The van der Waals surface area contributed by atoms with Crippen LogP contribution in [0.15, 0.2) is 42.5 Å². The molecule has 2 aromatic rings. The molecule has 0 fully saturated rings. The smallest absolute Gasteiger partial charge is 0.340 e. The molecule has 100 valence electrons. The number of anilines is 1. The number of hydrogen-bond acceptors (Lipinski definition) is 5. The lowest BCUT2D eigenvalue weighted by atomic mass is 10.1. The van der Waals surface area contributed by atoms with Crippen LogP contribution >= 0.6 is 0 Å². The Balaban J connectivity index is 2.25. The molecule has 0 aromatic heterocycles. The lowest BCUT2D eigenvalue weighted by molar-refractivity contribution is 0.0601. The molecule has 0 spiro atoms. The summed E-state index contributed by atoms with van der Waals surface area (Å²) in [5.74, 6) is 0.502. The zero-order valence-corrected chi connectivity index (χ0v) is 10.8. The summed E-state index contributed by atoms with van der Waals surface area (Å²) in [5.41, 5.74) is 6.82. The summed E-state index contributed by atoms with van der Waals surface area (Å²) in [7, 11) is 1.29. The van der Waals surface area contributed by atoms with Gasteiger partial charge >= 0.3 is 5.97 Å². The number of rotatable bonds is 3. The molecule has 0 aliphatic heterocycles. The normalized spacial score (nSPS) is 9.60. The maximum Gasteiger partial charge on any atom is 0.340 e. The van der Waals surface area contributed by atoms with Gasteiger partial charge in [0.05, 0.1) is 24.3 Å². The van der Waals surface area contributed by atoms with Crippen molar-refractivity contribution in [3.63, 3.8) is 0 Å². The molecule has 0 unspecified atom stereocenters. The average molecular weight is 268 g/mol. The molecule has 0 bridgehead atoms. The van der Waals surface area contributed by atoms with Gasteiger partial charge in [0.25, 0.3) is 0 Å². The van der Waals surface area contributed by atoms with E-state index < -0.39 is 5.97 Å². The number of nitrogen functional groups attached to an aromatic ring is 1. The highest BCUT2D eigenvalue weighted by molar-refractivity contribution is 5.95. The van der Waals surface area contributed by atoms with Crippen LogP contribution < -0.4 is 10.5 Å². The lowest BCUT2D eigenvalue weighted by Gasteiger charge is -2.09. The number of nitrogens with zero attached hydrogens (tertiary/aromatic N) is 1. The Morgan fingerprint density at radius 3 is 2.40 bits per heavy atom. The molecular formula is C15H12N2O3. The van der Waals surface area contributed by atoms with Gasteiger partial charge in [0, 0.05) is 5.69 Å². The van der Waals surface area contributed by atoms with Crippen LogP contribution in [0, 0.1) is 11.3 Å². The van der Waals surface area contributed by atoms with Gasteiger partial charge in [0.1, 0.15) is 11.5 Å². The molecule has 0 aliphatic carbocycles. The summed E-state index contributed by atoms with van der Waals surface area (Å²) >= 11 is 0. The number of esters is 1. The average Bonchev–Trinajstić information content (AvgIpc) is 2.49. The van der Waals surface area contributed by atoms with E-state index in [0.717, 1.165) is 0 Å². The fourth-order valence-corrected chi connectivity index (χ4v) is 1.62. The molecule has 2 aromatic carbocycles. The van der Waals surface area contributed by atoms with Gasteiger partial charge in [-0.1, -0.05) is 0 Å². The van der Waals surface area contributed by atoms with Crippen molar-refractivity contribution in [2.24, 2.45) is 0 Å². The van der Waals surface area contributed by atoms with E-state index in [1.54, 1.807) is 36.4 Å². The Morgan fingerprint density at radius 1 is 1.15 bits per heavy atom. The Hall–Kier alpha value is -3.00. The van der Waals surface area contributed by atoms with Gasteiger partial charge in [-0.3, -0.25) is 0 Å². The van der Waals surface area contributed by atoms with Gasteiger partial charge in [-0.05, 0) is 42.5 Å². The quantitative estimate of drug-likeness (QED) is 0.683. The van der Waals surface area contributed by atoms with Crippen LogP contribution in [0.4, 0.5) is 5.69 Å². The molecule has 20 heavy (non-hydrogen) atoms. The minimum Gasteiger partial charge on any atom is -0.465 e. The molecule has 0 atom stereocenters. The molecule has 2 rings (SSSR count). The van der Waals surface area contributed by atoms with Crippen LogP contribution in [0.5, 0.6) is 11.5 Å². The third kappa shape index (κ3) is 2.87. The van der Waals surface area contributed by atoms with Gasteiger partial charge in [0.15, 0.2) is 0 Å². The first-order chi connectivity index (χ1) is 9.63. The predicted molar refractivity (Wildman–Crippen MR) is 73.4 cm³/mol. The SMILES string of the molecule is COC(=O)c1cc(Oc2ccc(C#N)cc2)ccc1N. The predicted octanol–water partition coefficient (Wildman–Crippen LogP) is 2.72. The van der Waals surface area contributed by atoms with Crippen LogP contribution in [-0.2, 0) is 4.74 Å². The number of nitriles is 1. The first kappa shape index (κ1) is 13.4. The highest BCUT2D eigenvalue weighted by Crippen LogP contribution is 2.25. The van der Waals surface area contributed by atoms with Crippen molar-refractivity contribution in [1.82, 2.24) is 0 Å². The summed E-state index contributed by atoms with van der Waals surface area (Å²) in [6, 6.07) is 13.4. The number of methoxy groups -OCH3 is 1. The van der Waals surface area contributed by atoms with Gasteiger partial charge < -0.3 is 15.2 Å². The van der Waals surface area contributed by atoms with Crippen LogP contribution in [0.25, 0.3) is 0 Å². The van der Waals surface area contributed by atoms with Crippen molar-refractivity contribution in [3.05, 3.63) is 53.6 Å². The first-order valence-corrected chi connectivity index (χ1v) is 5.80. The maximum atomic E-state index is 11.5. The van der Waals surface area contributed by atoms with Crippen molar-refractivity contribution in [2.75, 3.05) is 12.8 Å². The summed E-state index contributed by atoms with van der Waals surface area (Å²) in [4.78, 5) is 11.5. The number of benzene rings is 2. The van der Waals surface area contributed by atoms with Crippen molar-refractivity contribution < 1.29 is 14.3 Å². The molecule has 0 aliphatic rings. The highest BCUT2D eigenvalue weighted by atomic mass is 16.5. The second kappa shape index (κ2) is 5.76. The van der Waals surface area contributed by atoms with E-state index in [-0.39, 0.29) is 5.56 Å². The van der Waals surface area contributed by atoms with E-state index in [1.165, 1.54) is 13.2 Å². The van der Waals surface area contributed by atoms with Crippen molar-refractivity contribution in [2.45, 2.75) is 0 Å². The maximum absolute atomic E-state index is 11.5. The van der Waals surface area contributed by atoms with Gasteiger partial charge in [0.2, 0.25) is 0 Å². The monoisotopic (exact) mass is 268 g/mol. The van der Waals surface area contributed by atoms with Crippen molar-refractivity contribution in [1.29, 1.82) is 5.26 Å². The molecule has 0 saturated carbocycles. The molecular weight excluding hydrogens is 256 g/mol. The molecule has 2 N–H and O–H groups in total. The molecule has 5 heteroatoms. The number of carbonyl (C=O) groups is 1. The summed E-state index contributed by atoms with van der Waals surface area (Å²) in [6.45, 7) is 0. The van der Waals surface area contributed by atoms with Crippen molar-refractivity contribution in [3.8, 4) is 17.6 Å². The van der Waals surface area contributed by atoms with Crippen LogP contribution in [-0.4, -0.2) is 13.1 Å². The fourth-order valence-electron chi connectivity index (χ4n) is 1.62.